The van der Waals surface area contributed by atoms with Gasteiger partial charge in [-0.2, -0.15) is 0 Å². The van der Waals surface area contributed by atoms with Crippen LogP contribution >= 0.6 is 0 Å². The van der Waals surface area contributed by atoms with E-state index in [1.165, 1.54) is 19.2 Å². The average molecular weight is 1660 g/mol. The Balaban J connectivity index is 0.000000205. The number of ketones is 4. The molecule has 26 nitrogen and oxygen atoms in total. The smallest absolute Gasteiger partial charge is 0.274 e. The summed E-state index contributed by atoms with van der Waals surface area (Å²) in [6, 6.07) is 26.5. The number of carbonyl (C=O) groups is 8. The maximum atomic E-state index is 15.1. The molecule has 4 aliphatic carbocycles. The van der Waals surface area contributed by atoms with Gasteiger partial charge < -0.3 is 29.1 Å². The summed E-state index contributed by atoms with van der Waals surface area (Å²) in [6.45, 7) is 15.7. The summed E-state index contributed by atoms with van der Waals surface area (Å²) in [5.41, 5.74) is -0.247. The van der Waals surface area contributed by atoms with Gasteiger partial charge in [0.2, 0.25) is 55.4 Å². The maximum Gasteiger partial charge on any atom is 0.274 e. The highest BCUT2D eigenvalue weighted by atomic mass is 32.2. The van der Waals surface area contributed by atoms with E-state index < -0.39 is 88.3 Å². The minimum Gasteiger partial charge on any atom is -0.471 e. The topological polar surface area (TPSA) is 330 Å². The van der Waals surface area contributed by atoms with Gasteiger partial charge in [-0.3, -0.25) is 57.4 Å². The Morgan fingerprint density at radius 3 is 1.18 bits per heavy atom. The molecule has 0 radical (unpaired) electrons. The minimum absolute atomic E-state index is 0.0102. The number of nitrogens with zero attached hydrogens (tertiary/aromatic N) is 8. The van der Waals surface area contributed by atoms with Crippen molar-refractivity contribution in [3.8, 4) is 11.8 Å². The van der Waals surface area contributed by atoms with Crippen LogP contribution in [-0.2, 0) is 61.9 Å². The number of allylic oxidation sites excluding steroid dienone is 4. The van der Waals surface area contributed by atoms with Gasteiger partial charge in [0.1, 0.15) is 12.2 Å². The fourth-order valence-electron chi connectivity index (χ4n) is 18.0. The van der Waals surface area contributed by atoms with Crippen LogP contribution in [0.3, 0.4) is 0 Å². The van der Waals surface area contributed by atoms with Crippen molar-refractivity contribution in [3.63, 3.8) is 0 Å². The van der Waals surface area contributed by atoms with Crippen molar-refractivity contribution in [3.05, 3.63) is 153 Å². The first kappa shape index (κ1) is 86.2. The number of benzene rings is 4. The van der Waals surface area contributed by atoms with E-state index in [1.807, 2.05) is 100 Å². The molecular weight excluding hydrogens is 1540 g/mol. The highest BCUT2D eigenvalue weighted by molar-refractivity contribution is 7.92. The number of ether oxygens (including phenoxy) is 2. The third kappa shape index (κ3) is 17.9. The van der Waals surface area contributed by atoms with Crippen LogP contribution in [0.15, 0.2) is 131 Å². The first-order valence-electron chi connectivity index (χ1n) is 42.0. The Labute approximate surface area is 691 Å². The summed E-state index contributed by atoms with van der Waals surface area (Å²) in [5.74, 6) is -5.02. The number of nitrogens with one attached hydrogen (secondary N) is 2. The predicted molar refractivity (Wildman–Crippen MR) is 451 cm³/mol. The zero-order chi connectivity index (χ0) is 84.9. The number of amides is 4. The quantitative estimate of drug-likeness (QED) is 0.0530. The molecule has 4 aromatic carbocycles. The number of aromatic nitrogens is 4. The lowest BCUT2D eigenvalue weighted by atomic mass is 9.80. The van der Waals surface area contributed by atoms with E-state index in [-0.39, 0.29) is 145 Å². The molecule has 632 valence electrons. The average Bonchev–Trinajstić information content (AvgIpc) is 1.54. The number of rotatable bonds is 20. The number of anilines is 2. The molecule has 4 saturated carbocycles. The summed E-state index contributed by atoms with van der Waals surface area (Å²) < 4.78 is 71.5. The van der Waals surface area contributed by atoms with Crippen LogP contribution in [0.1, 0.15) is 192 Å². The van der Waals surface area contributed by atoms with Crippen molar-refractivity contribution in [1.29, 1.82) is 0 Å². The predicted octanol–water partition coefficient (Wildman–Crippen LogP) is 11.4. The van der Waals surface area contributed by atoms with Crippen LogP contribution in [0.4, 0.5) is 11.4 Å². The summed E-state index contributed by atoms with van der Waals surface area (Å²) in [4.78, 5) is 149. The van der Waals surface area contributed by atoms with Crippen molar-refractivity contribution in [2.45, 2.75) is 218 Å². The molecule has 4 aliphatic heterocycles. The van der Waals surface area contributed by atoms with Crippen molar-refractivity contribution in [1.82, 2.24) is 38.8 Å². The van der Waals surface area contributed by atoms with Gasteiger partial charge >= 0.3 is 0 Å². The number of sulfonamides is 2. The van der Waals surface area contributed by atoms with Crippen molar-refractivity contribution < 1.29 is 64.7 Å². The third-order valence-corrected chi connectivity index (χ3v) is 31.0. The first-order chi connectivity index (χ1) is 55.9. The van der Waals surface area contributed by atoms with Crippen molar-refractivity contribution in [2.75, 3.05) is 51.1 Å². The van der Waals surface area contributed by atoms with Gasteiger partial charge in [0, 0.05) is 114 Å². The Hall–Kier alpha value is -9.70. The Kier molecular flexibility index (Phi) is 25.0. The second kappa shape index (κ2) is 34.2. The molecule has 4 amide bonds. The van der Waals surface area contributed by atoms with Crippen LogP contribution in [0.5, 0.6) is 11.8 Å². The fourth-order valence-corrected chi connectivity index (χ4v) is 20.7. The molecule has 6 heterocycles. The summed E-state index contributed by atoms with van der Waals surface area (Å²) in [6.07, 6.45) is 12.8. The molecule has 2 aromatic heterocycles. The molecule has 14 atom stereocenters. The molecule has 0 spiro atoms. The standard InChI is InChI=1S/2C45H57N5O8S/c2*1-7-50-42(54)35-15-11-10-14-34(35)40(46-50)58-33-23-37-39(52)26-45(43(55)47-59(56,57)44(4)20-21-44)25-31(45)13-9-8-12-28(2)22-29(3)36(41(53)49(37)27-33)24-38(51)30-16-18-32(19-17-30)48(5)6/h2*9-11,13-19,28-29,31,33,36-37H,7-8,12,20-27H2,1-6H3,(H,47,55)/b2*13-9-/t28-,29+,31+,33+,36-,37-,45+;28-,29-,31-,33-,36+,37+,45-/m01/s1. The van der Waals surface area contributed by atoms with Gasteiger partial charge in [-0.15, -0.1) is 10.2 Å². The van der Waals surface area contributed by atoms with E-state index in [0.717, 1.165) is 24.2 Å². The fraction of sp³-hybridized carbons (Fsp3) is 0.556. The number of hydrogen-bond donors (Lipinski definition) is 2. The highest BCUT2D eigenvalue weighted by Gasteiger charge is 2.65. The second-order valence-corrected chi connectivity index (χ2v) is 40.3. The second-order valence-electron chi connectivity index (χ2n) is 35.9. The number of Topliss-reactive ketones (excluding diaryl/α,β-unsaturated/α-hetero) is 4. The van der Waals surface area contributed by atoms with Crippen molar-refractivity contribution in [2.24, 2.45) is 58.2 Å². The van der Waals surface area contributed by atoms with Gasteiger partial charge in [-0.05, 0) is 213 Å². The SMILES string of the molecule is CCn1nc(O[C@@H]2C[C@H]3C(=O)C[C@]4(C(=O)NS(=O)(=O)C5(C)CC5)C[C@H]4/C=C\CC[C@@H](C)C[C@@H](C)[C@H](CC(=O)c4ccc(N(C)C)cc4)C(=O)N3C2)c2ccccc2c1=O.CCn1nc(O[C@@H]2C[C@H]3C(=O)C[C@]4(C(=O)NS(=O)(=O)C5(C)CC5)C[C@H]4/C=C\CC[C@H](C)C[C@@H](C)[C@H](CC(=O)c4ccc(N(C)C)cc4)C(=O)N3C2)c2ccccc2c1=O. The summed E-state index contributed by atoms with van der Waals surface area (Å²) in [7, 11) is -0.269. The normalized spacial score (nSPS) is 28.7. The summed E-state index contributed by atoms with van der Waals surface area (Å²) in [5, 5.41) is 10.9. The van der Waals surface area contributed by atoms with Crippen LogP contribution in [-0.4, -0.2) is 168 Å². The van der Waals surface area contributed by atoms with Gasteiger partial charge in [0.05, 0.1) is 67.0 Å². The number of fused-ring (bicyclic) bond motifs is 6. The molecule has 0 unspecified atom stereocenters. The van der Waals surface area contributed by atoms with Gasteiger partial charge in [-0.25, -0.2) is 26.2 Å². The lowest BCUT2D eigenvalue weighted by Gasteiger charge is -2.32. The Morgan fingerprint density at radius 2 is 0.847 bits per heavy atom. The molecule has 8 aliphatic rings. The molecule has 6 fully saturated rings. The zero-order valence-corrected chi connectivity index (χ0v) is 71.6. The number of hydrogen-bond acceptors (Lipinski definition) is 20. The Morgan fingerprint density at radius 1 is 0.500 bits per heavy atom. The van der Waals surface area contributed by atoms with E-state index in [9.17, 15) is 55.2 Å². The van der Waals surface area contributed by atoms with Crippen LogP contribution in [0.25, 0.3) is 21.5 Å². The molecule has 14 rings (SSSR count). The maximum absolute atomic E-state index is 15.1. The van der Waals surface area contributed by atoms with Crippen LogP contribution in [0.2, 0.25) is 0 Å². The van der Waals surface area contributed by atoms with Crippen molar-refractivity contribution >= 4 is 99.7 Å². The largest absolute Gasteiger partial charge is 0.471 e. The number of carbonyl (C=O) groups excluding carboxylic acids is 8. The van der Waals surface area contributed by atoms with E-state index in [1.54, 1.807) is 100 Å². The monoisotopic (exact) mass is 1650 g/mol. The van der Waals surface area contributed by atoms with E-state index >= 15 is 9.59 Å². The van der Waals surface area contributed by atoms with E-state index in [4.69, 9.17) is 9.47 Å². The molecule has 118 heavy (non-hydrogen) atoms. The summed E-state index contributed by atoms with van der Waals surface area (Å²) >= 11 is 0. The van der Waals surface area contributed by atoms with Crippen LogP contribution in [0, 0.1) is 58.2 Å². The first-order valence-corrected chi connectivity index (χ1v) is 45.0. The van der Waals surface area contributed by atoms with Gasteiger partial charge in [0.15, 0.2) is 23.1 Å². The minimum atomic E-state index is -3.97. The lowest BCUT2D eigenvalue weighted by molar-refractivity contribution is -0.143. The molecule has 2 N–H and O–H groups in total. The molecule has 0 bridgehead atoms. The van der Waals surface area contributed by atoms with E-state index in [0.29, 0.717) is 110 Å². The van der Waals surface area contributed by atoms with Gasteiger partial charge in [-0.1, -0.05) is 76.3 Å². The third-order valence-electron chi connectivity index (χ3n) is 26.6. The van der Waals surface area contributed by atoms with Gasteiger partial charge in [0.25, 0.3) is 11.1 Å². The Bertz CT molecular complexity index is 5000. The molecule has 2 saturated heterocycles. The number of aryl methyl sites for hydroxylation is 2. The highest BCUT2D eigenvalue weighted by Crippen LogP contribution is 2.59. The van der Waals surface area contributed by atoms with Crippen LogP contribution < -0.4 is 39.8 Å². The molecule has 28 heteroatoms. The molecule has 6 aromatic rings. The zero-order valence-electron chi connectivity index (χ0n) is 70.0. The van der Waals surface area contributed by atoms with E-state index in [2.05, 4.69) is 33.5 Å². The molecular formula is C90H114N10O16S2. The lowest BCUT2D eigenvalue weighted by Crippen LogP contribution is -2.48.